The molecule has 0 amide bonds. The molecule has 0 spiro atoms. The topological polar surface area (TPSA) is 105 Å². The summed E-state index contributed by atoms with van der Waals surface area (Å²) in [6.07, 6.45) is 3.05. The van der Waals surface area contributed by atoms with Crippen molar-refractivity contribution < 1.29 is 0 Å². The van der Waals surface area contributed by atoms with Crippen LogP contribution in [0.4, 0.5) is 5.82 Å². The number of fused-ring (bicyclic) bond motifs is 1. The van der Waals surface area contributed by atoms with Crippen LogP contribution in [0.25, 0.3) is 0 Å². The molecule has 0 radical (unpaired) electrons. The van der Waals surface area contributed by atoms with Gasteiger partial charge in [0.1, 0.15) is 18.1 Å². The third kappa shape index (κ3) is 2.13. The summed E-state index contributed by atoms with van der Waals surface area (Å²) in [6, 6.07) is 10.2. The summed E-state index contributed by atoms with van der Waals surface area (Å²) >= 11 is 0. The van der Waals surface area contributed by atoms with Crippen molar-refractivity contribution in [3.05, 3.63) is 53.5 Å². The van der Waals surface area contributed by atoms with Gasteiger partial charge in [0.25, 0.3) is 0 Å². The molecule has 4 N–H and O–H groups in total. The van der Waals surface area contributed by atoms with Gasteiger partial charge in [0, 0.05) is 18.3 Å². The molecule has 3 rings (SSSR count). The lowest BCUT2D eigenvalue weighted by atomic mass is 10.00. The first kappa shape index (κ1) is 13.5. The zero-order chi connectivity index (χ0) is 15.0. The summed E-state index contributed by atoms with van der Waals surface area (Å²) in [5, 5.41) is 9.38. The standard InChI is InChI=1S/C15H16N6/c1-10-3-2-4-11(5-10)8-21-14-12(7-19-9-20-14)13(6-16)15(21,17)18/h2-5,7,9,13H,8,17-18H2,1H3. The molecule has 0 aliphatic carbocycles. The molecule has 0 saturated heterocycles. The number of aromatic nitrogens is 2. The highest BCUT2D eigenvalue weighted by molar-refractivity contribution is 5.60. The van der Waals surface area contributed by atoms with Gasteiger partial charge in [-0.2, -0.15) is 5.26 Å². The Bertz CT molecular complexity index is 718. The molecule has 0 saturated carbocycles. The fourth-order valence-corrected chi connectivity index (χ4v) is 2.73. The van der Waals surface area contributed by atoms with E-state index in [-0.39, 0.29) is 0 Å². The van der Waals surface area contributed by atoms with Crippen molar-refractivity contribution in [3.8, 4) is 6.07 Å². The monoisotopic (exact) mass is 280 g/mol. The summed E-state index contributed by atoms with van der Waals surface area (Å²) < 4.78 is 0. The Morgan fingerprint density at radius 2 is 2.24 bits per heavy atom. The zero-order valence-corrected chi connectivity index (χ0v) is 11.7. The smallest absolute Gasteiger partial charge is 0.163 e. The van der Waals surface area contributed by atoms with Crippen molar-refractivity contribution in [3.63, 3.8) is 0 Å². The van der Waals surface area contributed by atoms with E-state index in [9.17, 15) is 5.26 Å². The van der Waals surface area contributed by atoms with Crippen molar-refractivity contribution in [2.24, 2.45) is 11.5 Å². The van der Waals surface area contributed by atoms with Crippen molar-refractivity contribution in [1.29, 1.82) is 5.26 Å². The number of hydrogen-bond acceptors (Lipinski definition) is 6. The second-order valence-electron chi connectivity index (χ2n) is 5.33. The minimum Gasteiger partial charge on any atom is -0.320 e. The third-order valence-electron chi connectivity index (χ3n) is 3.77. The van der Waals surface area contributed by atoms with Crippen LogP contribution in [0.1, 0.15) is 22.6 Å². The highest BCUT2D eigenvalue weighted by Crippen LogP contribution is 2.41. The summed E-state index contributed by atoms with van der Waals surface area (Å²) in [4.78, 5) is 10.0. The van der Waals surface area contributed by atoms with E-state index in [4.69, 9.17) is 11.5 Å². The Balaban J connectivity index is 2.03. The number of nitriles is 1. The normalized spacial score (nSPS) is 19.1. The van der Waals surface area contributed by atoms with Gasteiger partial charge in [0.15, 0.2) is 5.79 Å². The molecule has 6 heteroatoms. The molecule has 1 unspecified atom stereocenters. The van der Waals surface area contributed by atoms with Crippen LogP contribution in [0.3, 0.4) is 0 Å². The lowest BCUT2D eigenvalue weighted by Gasteiger charge is -2.34. The molecular weight excluding hydrogens is 264 g/mol. The van der Waals surface area contributed by atoms with Gasteiger partial charge in [-0.1, -0.05) is 29.8 Å². The second kappa shape index (κ2) is 4.81. The summed E-state index contributed by atoms with van der Waals surface area (Å²) in [5.74, 6) is -1.32. The van der Waals surface area contributed by atoms with Crippen molar-refractivity contribution >= 4 is 5.82 Å². The molecule has 106 valence electrons. The average Bonchev–Trinajstić information content (AvgIpc) is 2.66. The fraction of sp³-hybridized carbons (Fsp3) is 0.267. The highest BCUT2D eigenvalue weighted by atomic mass is 15.4. The lowest BCUT2D eigenvalue weighted by molar-refractivity contribution is 0.402. The van der Waals surface area contributed by atoms with E-state index in [1.807, 2.05) is 25.1 Å². The number of benzene rings is 1. The predicted octanol–water partition coefficient (Wildman–Crippen LogP) is 0.984. The first-order chi connectivity index (χ1) is 10.0. The van der Waals surface area contributed by atoms with E-state index >= 15 is 0 Å². The second-order valence-corrected chi connectivity index (χ2v) is 5.33. The summed E-state index contributed by atoms with van der Waals surface area (Å²) in [6.45, 7) is 2.52. The Kier molecular flexibility index (Phi) is 3.09. The molecule has 1 aliphatic rings. The highest BCUT2D eigenvalue weighted by Gasteiger charge is 2.48. The van der Waals surface area contributed by atoms with Crippen LogP contribution < -0.4 is 16.4 Å². The Morgan fingerprint density at radius 3 is 2.95 bits per heavy atom. The van der Waals surface area contributed by atoms with Crippen LogP contribution in [0.15, 0.2) is 36.8 Å². The van der Waals surface area contributed by atoms with Gasteiger partial charge >= 0.3 is 0 Å². The van der Waals surface area contributed by atoms with Gasteiger partial charge in [-0.25, -0.2) is 9.97 Å². The van der Waals surface area contributed by atoms with E-state index in [1.165, 1.54) is 6.33 Å². The fourth-order valence-electron chi connectivity index (χ4n) is 2.73. The number of nitrogens with zero attached hydrogens (tertiary/aromatic N) is 4. The van der Waals surface area contributed by atoms with Crippen molar-refractivity contribution in [2.75, 3.05) is 4.90 Å². The van der Waals surface area contributed by atoms with Crippen molar-refractivity contribution in [1.82, 2.24) is 9.97 Å². The molecule has 1 atom stereocenters. The Morgan fingerprint density at radius 1 is 1.43 bits per heavy atom. The van der Waals surface area contributed by atoms with Crippen LogP contribution in [-0.2, 0) is 6.54 Å². The number of nitrogens with two attached hydrogens (primary N) is 2. The Hall–Kier alpha value is -2.49. The number of hydrogen-bond donors (Lipinski definition) is 2. The number of aryl methyl sites for hydroxylation is 1. The van der Waals surface area contributed by atoms with Gasteiger partial charge in [-0.15, -0.1) is 0 Å². The van der Waals surface area contributed by atoms with Crippen LogP contribution >= 0.6 is 0 Å². The molecule has 21 heavy (non-hydrogen) atoms. The molecule has 0 fully saturated rings. The van der Waals surface area contributed by atoms with Gasteiger partial charge in [0.2, 0.25) is 0 Å². The average molecular weight is 280 g/mol. The minimum atomic E-state index is -1.29. The summed E-state index contributed by atoms with van der Waals surface area (Å²) in [5.41, 5.74) is 15.4. The van der Waals surface area contributed by atoms with Crippen molar-refractivity contribution in [2.45, 2.75) is 25.2 Å². The van der Waals surface area contributed by atoms with E-state index in [0.29, 0.717) is 17.9 Å². The lowest BCUT2D eigenvalue weighted by Crippen LogP contribution is -2.63. The van der Waals surface area contributed by atoms with Gasteiger partial charge < -0.3 is 4.90 Å². The van der Waals surface area contributed by atoms with Gasteiger partial charge in [-0.05, 0) is 12.5 Å². The molecule has 2 heterocycles. The number of rotatable bonds is 2. The largest absolute Gasteiger partial charge is 0.320 e. The molecular formula is C15H16N6. The molecule has 6 nitrogen and oxygen atoms in total. The Labute approximate surface area is 123 Å². The van der Waals surface area contributed by atoms with E-state index in [2.05, 4.69) is 22.1 Å². The zero-order valence-electron chi connectivity index (χ0n) is 11.7. The maximum absolute atomic E-state index is 9.38. The van der Waals surface area contributed by atoms with Crippen LogP contribution in [0.2, 0.25) is 0 Å². The SMILES string of the molecule is Cc1cccc(CN2c3ncncc3C(C#N)C2(N)N)c1. The minimum absolute atomic E-state index is 0.497. The predicted molar refractivity (Wildman–Crippen MR) is 78.9 cm³/mol. The van der Waals surface area contributed by atoms with Crippen LogP contribution in [0.5, 0.6) is 0 Å². The first-order valence-corrected chi connectivity index (χ1v) is 6.64. The maximum Gasteiger partial charge on any atom is 0.163 e. The van der Waals surface area contributed by atoms with Gasteiger partial charge in [0.05, 0.1) is 6.07 Å². The first-order valence-electron chi connectivity index (χ1n) is 6.64. The number of anilines is 1. The van der Waals surface area contributed by atoms with E-state index in [0.717, 1.165) is 11.1 Å². The quantitative estimate of drug-likeness (QED) is 0.795. The van der Waals surface area contributed by atoms with Crippen LogP contribution in [0, 0.1) is 18.3 Å². The van der Waals surface area contributed by atoms with Gasteiger partial charge in [-0.3, -0.25) is 11.5 Å². The molecule has 2 aromatic rings. The summed E-state index contributed by atoms with van der Waals surface area (Å²) in [7, 11) is 0. The van der Waals surface area contributed by atoms with E-state index < -0.39 is 11.7 Å². The third-order valence-corrected chi connectivity index (χ3v) is 3.77. The maximum atomic E-state index is 9.38. The van der Waals surface area contributed by atoms with Crippen LogP contribution in [-0.4, -0.2) is 15.8 Å². The molecule has 1 aliphatic heterocycles. The van der Waals surface area contributed by atoms with E-state index in [1.54, 1.807) is 11.1 Å². The molecule has 1 aromatic carbocycles. The molecule has 1 aromatic heterocycles. The molecule has 0 bridgehead atoms.